The van der Waals surface area contributed by atoms with Crippen LogP contribution in [0.4, 0.5) is 0 Å². The number of amides is 1. The third-order valence-electron chi connectivity index (χ3n) is 5.39. The number of hydrogen-bond acceptors (Lipinski definition) is 6. The van der Waals surface area contributed by atoms with Crippen molar-refractivity contribution in [2.45, 2.75) is 45.2 Å². The van der Waals surface area contributed by atoms with Crippen LogP contribution in [0, 0.1) is 5.92 Å². The van der Waals surface area contributed by atoms with Gasteiger partial charge in [-0.2, -0.15) is 4.98 Å². The minimum Gasteiger partial charge on any atom is -0.497 e. The van der Waals surface area contributed by atoms with Crippen LogP contribution < -0.4 is 4.74 Å². The number of rotatable bonds is 9. The Kier molecular flexibility index (Phi) is 5.64. The van der Waals surface area contributed by atoms with Crippen molar-refractivity contribution in [1.82, 2.24) is 15.0 Å². The first-order chi connectivity index (χ1) is 14.1. The van der Waals surface area contributed by atoms with Crippen molar-refractivity contribution in [2.75, 3.05) is 7.11 Å². The number of carbonyl (C=O) groups excluding carboxylic acids is 1. The molecule has 4 rings (SSSR count). The molecular weight excluding hydrogens is 370 g/mol. The predicted octanol–water partition coefficient (Wildman–Crippen LogP) is 4.10. The number of benzene rings is 1. The van der Waals surface area contributed by atoms with E-state index in [-0.39, 0.29) is 11.9 Å². The van der Waals surface area contributed by atoms with Crippen LogP contribution in [0.3, 0.4) is 0 Å². The molecule has 1 amide bonds. The first kappa shape index (κ1) is 19.2. The number of furan rings is 1. The number of hydrogen-bond donors (Lipinski definition) is 0. The molecule has 0 radical (unpaired) electrons. The van der Waals surface area contributed by atoms with Gasteiger partial charge in [-0.15, -0.1) is 0 Å². The van der Waals surface area contributed by atoms with Gasteiger partial charge in [0.2, 0.25) is 17.6 Å². The second kappa shape index (κ2) is 8.51. The van der Waals surface area contributed by atoms with E-state index >= 15 is 0 Å². The van der Waals surface area contributed by atoms with Gasteiger partial charge in [0.15, 0.2) is 5.76 Å². The average molecular weight is 395 g/mol. The smallest absolute Gasteiger partial charge is 0.238 e. The minimum absolute atomic E-state index is 0.0953. The van der Waals surface area contributed by atoms with E-state index in [2.05, 4.69) is 17.1 Å². The molecule has 1 aliphatic rings. The molecule has 1 aromatic carbocycles. The highest BCUT2D eigenvalue weighted by Crippen LogP contribution is 2.36. The first-order valence-electron chi connectivity index (χ1n) is 9.93. The summed E-state index contributed by atoms with van der Waals surface area (Å²) < 4.78 is 15.8. The van der Waals surface area contributed by atoms with Crippen molar-refractivity contribution >= 4 is 5.91 Å². The number of methoxy groups -OCH3 is 1. The lowest BCUT2D eigenvalue weighted by molar-refractivity contribution is -0.134. The summed E-state index contributed by atoms with van der Waals surface area (Å²) in [5.41, 5.74) is 1.09. The van der Waals surface area contributed by atoms with E-state index in [1.54, 1.807) is 25.5 Å². The maximum atomic E-state index is 13.0. The molecule has 1 unspecified atom stereocenters. The Morgan fingerprint density at radius 3 is 2.72 bits per heavy atom. The second-order valence-electron chi connectivity index (χ2n) is 7.44. The van der Waals surface area contributed by atoms with Gasteiger partial charge >= 0.3 is 0 Å². The third kappa shape index (κ3) is 4.67. The van der Waals surface area contributed by atoms with Crippen LogP contribution >= 0.6 is 0 Å². The van der Waals surface area contributed by atoms with E-state index in [1.165, 1.54) is 12.8 Å². The van der Waals surface area contributed by atoms with Crippen molar-refractivity contribution in [2.24, 2.45) is 5.92 Å². The molecule has 0 aliphatic heterocycles. The molecule has 1 atom stereocenters. The van der Waals surface area contributed by atoms with Crippen LogP contribution in [0.25, 0.3) is 11.6 Å². The molecule has 7 nitrogen and oxygen atoms in total. The molecule has 3 aromatic rings. The fourth-order valence-corrected chi connectivity index (χ4v) is 3.44. The number of aromatic nitrogens is 2. The van der Waals surface area contributed by atoms with Crippen molar-refractivity contribution < 1.29 is 18.5 Å². The van der Waals surface area contributed by atoms with Crippen molar-refractivity contribution in [3.63, 3.8) is 0 Å². The molecule has 0 N–H and O–H groups in total. The molecule has 1 aliphatic carbocycles. The Labute approximate surface area is 169 Å². The molecule has 1 saturated carbocycles. The van der Waals surface area contributed by atoms with Gasteiger partial charge in [-0.05, 0) is 55.5 Å². The highest BCUT2D eigenvalue weighted by Gasteiger charge is 2.34. The third-order valence-corrected chi connectivity index (χ3v) is 5.39. The van der Waals surface area contributed by atoms with Crippen LogP contribution in [0.15, 0.2) is 51.6 Å². The lowest BCUT2D eigenvalue weighted by atomic mass is 10.1. The standard InChI is InChI=1S/C22H25N3O4/c1-15(17-7-8-17)25(14-16-5-9-18(27-2)10-6-16)21(26)12-11-20-23-22(24-29-20)19-4-3-13-28-19/h3-6,9-10,13,15,17H,7-8,11-12,14H2,1-2H3. The van der Waals surface area contributed by atoms with E-state index in [4.69, 9.17) is 13.7 Å². The van der Waals surface area contributed by atoms with Crippen molar-refractivity contribution in [3.05, 3.63) is 54.1 Å². The number of aryl methyl sites for hydroxylation is 1. The zero-order valence-corrected chi connectivity index (χ0v) is 16.7. The number of nitrogens with zero attached hydrogens (tertiary/aromatic N) is 3. The van der Waals surface area contributed by atoms with Crippen LogP contribution in [0.1, 0.15) is 37.6 Å². The largest absolute Gasteiger partial charge is 0.497 e. The lowest BCUT2D eigenvalue weighted by Crippen LogP contribution is -2.39. The summed E-state index contributed by atoms with van der Waals surface area (Å²) in [6.07, 6.45) is 4.66. The maximum Gasteiger partial charge on any atom is 0.238 e. The Morgan fingerprint density at radius 2 is 2.07 bits per heavy atom. The van der Waals surface area contributed by atoms with Gasteiger partial charge in [0, 0.05) is 25.4 Å². The fraction of sp³-hybridized carbons (Fsp3) is 0.409. The average Bonchev–Trinajstić information content (AvgIpc) is 3.25. The molecular formula is C22H25N3O4. The Bertz CT molecular complexity index is 929. The molecule has 1 fully saturated rings. The van der Waals surface area contributed by atoms with Crippen LogP contribution in [-0.4, -0.2) is 34.1 Å². The molecule has 0 saturated heterocycles. The molecule has 0 spiro atoms. The van der Waals surface area contributed by atoms with E-state index in [1.807, 2.05) is 29.2 Å². The Hall–Kier alpha value is -3.09. The van der Waals surface area contributed by atoms with Gasteiger partial charge in [0.1, 0.15) is 5.75 Å². The molecule has 152 valence electrons. The second-order valence-corrected chi connectivity index (χ2v) is 7.44. The van der Waals surface area contributed by atoms with Crippen LogP contribution in [0.5, 0.6) is 5.75 Å². The Morgan fingerprint density at radius 1 is 1.28 bits per heavy atom. The number of carbonyl (C=O) groups is 1. The maximum absolute atomic E-state index is 13.0. The molecule has 29 heavy (non-hydrogen) atoms. The van der Waals surface area contributed by atoms with Gasteiger partial charge in [0.05, 0.1) is 13.4 Å². The highest BCUT2D eigenvalue weighted by atomic mass is 16.5. The summed E-state index contributed by atoms with van der Waals surface area (Å²) in [7, 11) is 1.65. The monoisotopic (exact) mass is 395 g/mol. The van der Waals surface area contributed by atoms with Crippen LogP contribution in [0.2, 0.25) is 0 Å². The van der Waals surface area contributed by atoms with Gasteiger partial charge in [-0.1, -0.05) is 17.3 Å². The molecule has 2 aromatic heterocycles. The molecule has 7 heteroatoms. The fourth-order valence-electron chi connectivity index (χ4n) is 3.44. The summed E-state index contributed by atoms with van der Waals surface area (Å²) in [5.74, 6) is 2.89. The van der Waals surface area contributed by atoms with Gasteiger partial charge < -0.3 is 18.6 Å². The topological polar surface area (TPSA) is 81.6 Å². The summed E-state index contributed by atoms with van der Waals surface area (Å²) >= 11 is 0. The molecule has 0 bridgehead atoms. The summed E-state index contributed by atoms with van der Waals surface area (Å²) in [6, 6.07) is 11.6. The van der Waals surface area contributed by atoms with Crippen molar-refractivity contribution in [3.8, 4) is 17.3 Å². The predicted molar refractivity (Wildman–Crippen MR) is 106 cm³/mol. The SMILES string of the molecule is COc1ccc(CN(C(=O)CCc2nc(-c3ccco3)no2)C(C)C2CC2)cc1. The van der Waals surface area contributed by atoms with E-state index in [0.717, 1.165) is 11.3 Å². The first-order valence-corrected chi connectivity index (χ1v) is 9.93. The van der Waals surface area contributed by atoms with E-state index in [9.17, 15) is 4.79 Å². The van der Waals surface area contributed by atoms with Crippen LogP contribution in [-0.2, 0) is 17.8 Å². The van der Waals surface area contributed by atoms with E-state index < -0.39 is 0 Å². The lowest BCUT2D eigenvalue weighted by Gasteiger charge is -2.29. The summed E-state index contributed by atoms with van der Waals surface area (Å²) in [6.45, 7) is 2.72. The Balaban J connectivity index is 1.40. The summed E-state index contributed by atoms with van der Waals surface area (Å²) in [5, 5.41) is 3.92. The van der Waals surface area contributed by atoms with Gasteiger partial charge in [-0.3, -0.25) is 4.79 Å². The minimum atomic E-state index is 0.0953. The number of ether oxygens (including phenoxy) is 1. The van der Waals surface area contributed by atoms with Crippen molar-refractivity contribution in [1.29, 1.82) is 0 Å². The van der Waals surface area contributed by atoms with Gasteiger partial charge in [0.25, 0.3) is 0 Å². The van der Waals surface area contributed by atoms with Gasteiger partial charge in [-0.25, -0.2) is 0 Å². The zero-order valence-electron chi connectivity index (χ0n) is 16.7. The molecule has 2 heterocycles. The van der Waals surface area contributed by atoms with E-state index in [0.29, 0.717) is 42.8 Å². The highest BCUT2D eigenvalue weighted by molar-refractivity contribution is 5.76. The normalized spacial score (nSPS) is 14.6. The zero-order chi connectivity index (χ0) is 20.2. The summed E-state index contributed by atoms with van der Waals surface area (Å²) in [4.78, 5) is 19.3. The quantitative estimate of drug-likeness (QED) is 0.543.